The van der Waals surface area contributed by atoms with E-state index in [2.05, 4.69) is 34.7 Å². The number of benzene rings is 2. The molecule has 4 rings (SSSR count). The Bertz CT molecular complexity index is 1060. The van der Waals surface area contributed by atoms with Crippen molar-refractivity contribution in [1.29, 1.82) is 0 Å². The first-order valence-electron chi connectivity index (χ1n) is 10.8. The highest BCUT2D eigenvalue weighted by Crippen LogP contribution is 2.29. The van der Waals surface area contributed by atoms with Gasteiger partial charge in [0.05, 0.1) is 13.8 Å². The first-order valence-corrected chi connectivity index (χ1v) is 11.2. The zero-order valence-corrected chi connectivity index (χ0v) is 19.1. The fourth-order valence-corrected chi connectivity index (χ4v) is 4.27. The average molecular weight is 439 g/mol. The van der Waals surface area contributed by atoms with Crippen molar-refractivity contribution in [3.8, 4) is 11.5 Å². The van der Waals surface area contributed by atoms with Crippen LogP contribution in [-0.4, -0.2) is 33.4 Å². The Morgan fingerprint density at radius 2 is 1.87 bits per heavy atom. The number of hydrogen-bond donors (Lipinski definition) is 0. The Kier molecular flexibility index (Phi) is 7.04. The first-order chi connectivity index (χ1) is 15.1. The lowest BCUT2D eigenvalue weighted by atomic mass is 10.2. The third-order valence-electron chi connectivity index (χ3n) is 5.57. The first kappa shape index (κ1) is 21.6. The Balaban J connectivity index is 1.40. The molecule has 31 heavy (non-hydrogen) atoms. The summed E-state index contributed by atoms with van der Waals surface area (Å²) in [4.78, 5) is 2.21. The number of aromatic nitrogens is 3. The molecule has 7 heteroatoms. The maximum absolute atomic E-state index is 5.97. The van der Waals surface area contributed by atoms with Gasteiger partial charge in [0, 0.05) is 19.5 Å². The SMILES string of the molecule is COc1cc(CN(C)Cn2nc3n(c2=S)CCCCC3)ccc1OCc1ccccc1. The molecule has 1 aliphatic heterocycles. The van der Waals surface area contributed by atoms with Gasteiger partial charge in [-0.25, -0.2) is 4.68 Å². The Morgan fingerprint density at radius 3 is 2.68 bits per heavy atom. The smallest absolute Gasteiger partial charge is 0.199 e. The summed E-state index contributed by atoms with van der Waals surface area (Å²) in [5.41, 5.74) is 2.28. The van der Waals surface area contributed by atoms with Gasteiger partial charge >= 0.3 is 0 Å². The number of hydrogen-bond acceptors (Lipinski definition) is 5. The van der Waals surface area contributed by atoms with E-state index in [1.54, 1.807) is 7.11 Å². The summed E-state index contributed by atoms with van der Waals surface area (Å²) in [5.74, 6) is 2.61. The van der Waals surface area contributed by atoms with Crippen molar-refractivity contribution in [3.05, 3.63) is 70.3 Å². The molecule has 2 heterocycles. The summed E-state index contributed by atoms with van der Waals surface area (Å²) in [6.07, 6.45) is 4.65. The summed E-state index contributed by atoms with van der Waals surface area (Å²) in [7, 11) is 3.76. The molecule has 0 unspecified atom stereocenters. The van der Waals surface area contributed by atoms with E-state index < -0.39 is 0 Å². The van der Waals surface area contributed by atoms with Crippen molar-refractivity contribution < 1.29 is 9.47 Å². The molecular weight excluding hydrogens is 408 g/mol. The van der Waals surface area contributed by atoms with E-state index in [9.17, 15) is 0 Å². The molecule has 0 spiro atoms. The molecule has 164 valence electrons. The molecule has 0 saturated carbocycles. The van der Waals surface area contributed by atoms with Gasteiger partial charge in [-0.2, -0.15) is 5.10 Å². The van der Waals surface area contributed by atoms with Crippen LogP contribution < -0.4 is 9.47 Å². The van der Waals surface area contributed by atoms with Gasteiger partial charge in [-0.15, -0.1) is 0 Å². The van der Waals surface area contributed by atoms with E-state index in [0.717, 1.165) is 52.7 Å². The maximum Gasteiger partial charge on any atom is 0.199 e. The second-order valence-electron chi connectivity index (χ2n) is 8.08. The van der Waals surface area contributed by atoms with Crippen LogP contribution in [-0.2, 0) is 32.8 Å². The van der Waals surface area contributed by atoms with Gasteiger partial charge in [-0.1, -0.05) is 42.8 Å². The molecule has 1 aliphatic rings. The highest BCUT2D eigenvalue weighted by Gasteiger charge is 2.15. The number of aryl methyl sites for hydroxylation is 1. The molecular formula is C24H30N4O2S. The molecule has 3 aromatic rings. The molecule has 0 radical (unpaired) electrons. The zero-order valence-electron chi connectivity index (χ0n) is 18.3. The Labute approximate surface area is 189 Å². The molecule has 0 N–H and O–H groups in total. The quantitative estimate of drug-likeness (QED) is 0.472. The number of ether oxygens (including phenoxy) is 2. The normalized spacial score (nSPS) is 13.6. The molecule has 6 nitrogen and oxygen atoms in total. The number of fused-ring (bicyclic) bond motifs is 1. The van der Waals surface area contributed by atoms with Crippen molar-refractivity contribution in [2.45, 2.75) is 52.0 Å². The van der Waals surface area contributed by atoms with E-state index in [4.69, 9.17) is 26.8 Å². The lowest BCUT2D eigenvalue weighted by Gasteiger charge is -2.18. The summed E-state index contributed by atoms with van der Waals surface area (Å²) >= 11 is 5.68. The van der Waals surface area contributed by atoms with Crippen molar-refractivity contribution in [2.24, 2.45) is 0 Å². The van der Waals surface area contributed by atoms with Crippen molar-refractivity contribution in [1.82, 2.24) is 19.2 Å². The third kappa shape index (κ3) is 5.35. The molecule has 0 bridgehead atoms. The van der Waals surface area contributed by atoms with Gasteiger partial charge in [0.25, 0.3) is 0 Å². The fourth-order valence-electron chi connectivity index (χ4n) is 3.97. The van der Waals surface area contributed by atoms with Gasteiger partial charge in [0.2, 0.25) is 0 Å². The molecule has 0 aliphatic carbocycles. The molecule has 1 aromatic heterocycles. The van der Waals surface area contributed by atoms with E-state index in [-0.39, 0.29) is 0 Å². The number of methoxy groups -OCH3 is 1. The lowest BCUT2D eigenvalue weighted by Crippen LogP contribution is -2.22. The summed E-state index contributed by atoms with van der Waals surface area (Å²) in [6.45, 7) is 2.92. The third-order valence-corrected chi connectivity index (χ3v) is 6.01. The van der Waals surface area contributed by atoms with Gasteiger partial charge < -0.3 is 14.0 Å². The van der Waals surface area contributed by atoms with Crippen molar-refractivity contribution in [3.63, 3.8) is 0 Å². The predicted molar refractivity (Wildman–Crippen MR) is 124 cm³/mol. The van der Waals surface area contributed by atoms with Crippen molar-refractivity contribution >= 4 is 12.2 Å². The summed E-state index contributed by atoms with van der Waals surface area (Å²) < 4.78 is 16.5. The van der Waals surface area contributed by atoms with Crippen LogP contribution in [0.1, 0.15) is 36.2 Å². The van der Waals surface area contributed by atoms with Crippen LogP contribution in [0.2, 0.25) is 0 Å². The Hall–Kier alpha value is -2.64. The molecule has 0 atom stereocenters. The van der Waals surface area contributed by atoms with Gasteiger partial charge in [-0.05, 0) is 55.4 Å². The molecule has 0 saturated heterocycles. The lowest BCUT2D eigenvalue weighted by molar-refractivity contribution is 0.242. The van der Waals surface area contributed by atoms with Crippen LogP contribution in [0.3, 0.4) is 0 Å². The highest BCUT2D eigenvalue weighted by molar-refractivity contribution is 7.71. The van der Waals surface area contributed by atoms with Crippen LogP contribution >= 0.6 is 12.2 Å². The van der Waals surface area contributed by atoms with E-state index in [1.165, 1.54) is 19.3 Å². The molecule has 2 aromatic carbocycles. The van der Waals surface area contributed by atoms with Crippen LogP contribution in [0.15, 0.2) is 48.5 Å². The molecule has 0 fully saturated rings. The summed E-state index contributed by atoms with van der Waals surface area (Å²) in [5, 5.41) is 4.78. The average Bonchev–Trinajstić information content (AvgIpc) is 2.94. The van der Waals surface area contributed by atoms with Crippen LogP contribution in [0.5, 0.6) is 11.5 Å². The van der Waals surface area contributed by atoms with Gasteiger partial charge in [-0.3, -0.25) is 4.90 Å². The standard InChI is InChI=1S/C24H30N4O2S/c1-26(18-28-24(31)27-14-8-4-7-11-23(27)25-28)16-20-12-13-21(22(15-20)29-2)30-17-19-9-5-3-6-10-19/h3,5-6,9-10,12-13,15H,4,7-8,11,14,16-18H2,1-2H3. The Morgan fingerprint density at radius 1 is 1.03 bits per heavy atom. The number of nitrogens with zero attached hydrogens (tertiary/aromatic N) is 4. The van der Waals surface area contributed by atoms with E-state index in [1.807, 2.05) is 35.0 Å². The highest BCUT2D eigenvalue weighted by atomic mass is 32.1. The number of rotatable bonds is 8. The van der Waals surface area contributed by atoms with Gasteiger partial charge in [0.1, 0.15) is 12.4 Å². The summed E-state index contributed by atoms with van der Waals surface area (Å²) in [6, 6.07) is 16.2. The van der Waals surface area contributed by atoms with Crippen molar-refractivity contribution in [2.75, 3.05) is 14.2 Å². The fraction of sp³-hybridized carbons (Fsp3) is 0.417. The topological polar surface area (TPSA) is 44.5 Å². The minimum absolute atomic E-state index is 0.514. The molecule has 0 amide bonds. The predicted octanol–water partition coefficient (Wildman–Crippen LogP) is 4.82. The van der Waals surface area contributed by atoms with Gasteiger partial charge in [0.15, 0.2) is 16.3 Å². The largest absolute Gasteiger partial charge is 0.493 e. The van der Waals surface area contributed by atoms with E-state index >= 15 is 0 Å². The minimum atomic E-state index is 0.514. The zero-order chi connectivity index (χ0) is 21.6. The van der Waals surface area contributed by atoms with E-state index in [0.29, 0.717) is 13.3 Å². The maximum atomic E-state index is 5.97. The van der Waals surface area contributed by atoms with Crippen LogP contribution in [0.25, 0.3) is 0 Å². The monoisotopic (exact) mass is 438 g/mol. The second kappa shape index (κ2) is 10.1. The van der Waals surface area contributed by atoms with Crippen LogP contribution in [0.4, 0.5) is 0 Å². The van der Waals surface area contributed by atoms with Crippen LogP contribution in [0, 0.1) is 4.77 Å². The second-order valence-corrected chi connectivity index (χ2v) is 8.44. The minimum Gasteiger partial charge on any atom is -0.493 e.